The second-order valence-corrected chi connectivity index (χ2v) is 7.36. The molecule has 0 aromatic heterocycles. The van der Waals surface area contributed by atoms with E-state index in [1.807, 2.05) is 11.9 Å². The summed E-state index contributed by atoms with van der Waals surface area (Å²) in [7, 11) is 1.86. The van der Waals surface area contributed by atoms with E-state index < -0.39 is 0 Å². The number of halogens is 1. The van der Waals surface area contributed by atoms with Crippen molar-refractivity contribution in [1.82, 2.24) is 9.80 Å². The molecule has 2 aliphatic rings. The summed E-state index contributed by atoms with van der Waals surface area (Å²) in [5.41, 5.74) is 1.04. The van der Waals surface area contributed by atoms with Gasteiger partial charge in [0.15, 0.2) is 0 Å². The summed E-state index contributed by atoms with van der Waals surface area (Å²) in [5, 5.41) is 9.52. The first-order valence-corrected chi connectivity index (χ1v) is 8.89. The maximum Gasteiger partial charge on any atom is 0.253 e. The lowest BCUT2D eigenvalue weighted by atomic mass is 9.94. The Balaban J connectivity index is 1.74. The minimum absolute atomic E-state index is 0.0453. The molecule has 0 unspecified atom stereocenters. The zero-order chi connectivity index (χ0) is 17.3. The van der Waals surface area contributed by atoms with E-state index in [2.05, 4.69) is 4.90 Å². The van der Waals surface area contributed by atoms with Crippen LogP contribution in [0.5, 0.6) is 0 Å². The van der Waals surface area contributed by atoms with Crippen LogP contribution in [0, 0.1) is 18.7 Å². The van der Waals surface area contributed by atoms with Crippen LogP contribution in [0.3, 0.4) is 0 Å². The summed E-state index contributed by atoms with van der Waals surface area (Å²) < 4.78 is 13.5. The van der Waals surface area contributed by atoms with Crippen molar-refractivity contribution in [2.75, 3.05) is 26.7 Å². The van der Waals surface area contributed by atoms with Gasteiger partial charge in [0.2, 0.25) is 0 Å². The molecule has 1 N–H and O–H groups in total. The molecule has 1 saturated heterocycles. The van der Waals surface area contributed by atoms with Gasteiger partial charge in [0.25, 0.3) is 5.91 Å². The van der Waals surface area contributed by atoms with E-state index in [0.29, 0.717) is 30.1 Å². The maximum atomic E-state index is 13.5. The molecular formula is C19H27FN2O2. The first-order chi connectivity index (χ1) is 11.5. The fourth-order valence-corrected chi connectivity index (χ4v) is 4.02. The molecule has 5 heteroatoms. The molecule has 0 bridgehead atoms. The van der Waals surface area contributed by atoms with Gasteiger partial charge in [-0.2, -0.15) is 0 Å². The highest BCUT2D eigenvalue weighted by Gasteiger charge is 2.35. The van der Waals surface area contributed by atoms with Crippen LogP contribution in [0.2, 0.25) is 0 Å². The Morgan fingerprint density at radius 1 is 1.38 bits per heavy atom. The molecule has 1 aromatic rings. The van der Waals surface area contributed by atoms with E-state index in [1.54, 1.807) is 19.1 Å². The highest BCUT2D eigenvalue weighted by Crippen LogP contribution is 2.31. The number of hydrogen-bond acceptors (Lipinski definition) is 3. The van der Waals surface area contributed by atoms with Crippen molar-refractivity contribution in [2.24, 2.45) is 5.92 Å². The van der Waals surface area contributed by atoms with Crippen LogP contribution < -0.4 is 0 Å². The van der Waals surface area contributed by atoms with E-state index in [0.717, 1.165) is 19.4 Å². The molecule has 1 aliphatic heterocycles. The molecule has 0 radical (unpaired) electrons. The first-order valence-electron chi connectivity index (χ1n) is 8.89. The van der Waals surface area contributed by atoms with Gasteiger partial charge in [-0.1, -0.05) is 12.8 Å². The van der Waals surface area contributed by atoms with Crippen molar-refractivity contribution < 1.29 is 14.3 Å². The number of aryl methyl sites for hydroxylation is 1. The molecule has 1 amide bonds. The van der Waals surface area contributed by atoms with Gasteiger partial charge < -0.3 is 10.0 Å². The van der Waals surface area contributed by atoms with Crippen LogP contribution in [0.4, 0.5) is 4.39 Å². The number of likely N-dealkylation sites (N-methyl/N-ethyl adjacent to an activating group) is 1. The number of β-amino-alcohol motifs (C(OH)–C–C–N with tert-alkyl or cyclic N) is 1. The third-order valence-corrected chi connectivity index (χ3v) is 5.55. The third kappa shape index (κ3) is 3.62. The van der Waals surface area contributed by atoms with E-state index >= 15 is 0 Å². The van der Waals surface area contributed by atoms with Crippen molar-refractivity contribution >= 4 is 5.91 Å². The summed E-state index contributed by atoms with van der Waals surface area (Å²) in [6, 6.07) is 4.72. The molecule has 4 nitrogen and oxygen atoms in total. The Morgan fingerprint density at radius 2 is 2.04 bits per heavy atom. The van der Waals surface area contributed by atoms with Crippen LogP contribution in [-0.2, 0) is 0 Å². The lowest BCUT2D eigenvalue weighted by Gasteiger charge is -2.42. The fraction of sp³-hybridized carbons (Fsp3) is 0.632. The summed E-state index contributed by atoms with van der Waals surface area (Å²) in [4.78, 5) is 17.0. The highest BCUT2D eigenvalue weighted by atomic mass is 19.1. The van der Waals surface area contributed by atoms with Crippen LogP contribution in [0.25, 0.3) is 0 Å². The van der Waals surface area contributed by atoms with Crippen molar-refractivity contribution in [2.45, 2.75) is 44.8 Å². The van der Waals surface area contributed by atoms with Crippen LogP contribution in [0.1, 0.15) is 41.6 Å². The maximum absolute atomic E-state index is 13.5. The molecule has 1 aromatic carbocycles. The Hall–Kier alpha value is -1.46. The average Bonchev–Trinajstić information content (AvgIpc) is 3.06. The van der Waals surface area contributed by atoms with Gasteiger partial charge in [-0.25, -0.2) is 4.39 Å². The number of nitrogens with zero attached hydrogens (tertiary/aromatic N) is 2. The zero-order valence-corrected chi connectivity index (χ0v) is 14.5. The number of hydrogen-bond donors (Lipinski definition) is 1. The van der Waals surface area contributed by atoms with Crippen LogP contribution >= 0.6 is 0 Å². The van der Waals surface area contributed by atoms with Gasteiger partial charge in [-0.15, -0.1) is 0 Å². The number of carbonyl (C=O) groups excluding carboxylic acids is 1. The standard InChI is InChI=1S/C19H27FN2O2/c1-13-9-15(7-8-17(13)20)19(24)21(2)18(14-5-3-4-6-14)12-22-10-16(23)11-22/h7-9,14,16,18,23H,3-6,10-12H2,1-2H3/t18-/m0/s1. The predicted octanol–water partition coefficient (Wildman–Crippen LogP) is 2.44. The lowest BCUT2D eigenvalue weighted by Crippen LogP contribution is -2.57. The summed E-state index contributed by atoms with van der Waals surface area (Å²) in [5.74, 6) is 0.186. The normalized spacial score (nSPS) is 20.8. The number of carbonyl (C=O) groups is 1. The summed E-state index contributed by atoms with van der Waals surface area (Å²) >= 11 is 0. The molecule has 1 heterocycles. The second kappa shape index (κ2) is 7.19. The quantitative estimate of drug-likeness (QED) is 0.899. The predicted molar refractivity (Wildman–Crippen MR) is 91.4 cm³/mol. The van der Waals surface area contributed by atoms with Gasteiger partial charge in [0, 0.05) is 38.3 Å². The van der Waals surface area contributed by atoms with Crippen LogP contribution in [0.15, 0.2) is 18.2 Å². The minimum atomic E-state index is -0.281. The van der Waals surface area contributed by atoms with E-state index in [9.17, 15) is 14.3 Å². The smallest absolute Gasteiger partial charge is 0.253 e. The molecule has 132 valence electrons. The third-order valence-electron chi connectivity index (χ3n) is 5.55. The lowest BCUT2D eigenvalue weighted by molar-refractivity contribution is -0.0166. The average molecular weight is 334 g/mol. The summed E-state index contributed by atoms with van der Waals surface area (Å²) in [6.07, 6.45) is 4.53. The second-order valence-electron chi connectivity index (χ2n) is 7.36. The Bertz CT molecular complexity index is 595. The van der Waals surface area contributed by atoms with Gasteiger partial charge in [0.1, 0.15) is 5.82 Å². The molecule has 3 rings (SSSR count). The summed E-state index contributed by atoms with van der Waals surface area (Å²) in [6.45, 7) is 3.88. The van der Waals surface area contributed by atoms with E-state index in [-0.39, 0.29) is 23.9 Å². The van der Waals surface area contributed by atoms with Gasteiger partial charge in [-0.3, -0.25) is 9.69 Å². The highest BCUT2D eigenvalue weighted by molar-refractivity contribution is 5.94. The number of aliphatic hydroxyl groups excluding tert-OH is 1. The van der Waals surface area contributed by atoms with Gasteiger partial charge in [0.05, 0.1) is 6.10 Å². The number of aliphatic hydroxyl groups is 1. The van der Waals surface area contributed by atoms with E-state index in [4.69, 9.17) is 0 Å². The van der Waals surface area contributed by atoms with Gasteiger partial charge >= 0.3 is 0 Å². The van der Waals surface area contributed by atoms with Crippen LogP contribution in [-0.4, -0.2) is 59.6 Å². The molecule has 1 aliphatic carbocycles. The van der Waals surface area contributed by atoms with Crippen molar-refractivity contribution in [3.05, 3.63) is 35.1 Å². The monoisotopic (exact) mass is 334 g/mol. The SMILES string of the molecule is Cc1cc(C(=O)N(C)[C@@H](CN2CC(O)C2)C2CCCC2)ccc1F. The number of likely N-dealkylation sites (tertiary alicyclic amines) is 1. The molecule has 1 saturated carbocycles. The molecule has 0 spiro atoms. The molecule has 1 atom stereocenters. The number of amides is 1. The fourth-order valence-electron chi connectivity index (χ4n) is 4.02. The van der Waals surface area contributed by atoms with Crippen molar-refractivity contribution in [3.63, 3.8) is 0 Å². The molecular weight excluding hydrogens is 307 g/mol. The van der Waals surface area contributed by atoms with E-state index in [1.165, 1.54) is 18.9 Å². The number of rotatable bonds is 5. The molecule has 24 heavy (non-hydrogen) atoms. The minimum Gasteiger partial charge on any atom is -0.390 e. The Kier molecular flexibility index (Phi) is 5.21. The zero-order valence-electron chi connectivity index (χ0n) is 14.5. The van der Waals surface area contributed by atoms with Gasteiger partial charge in [-0.05, 0) is 49.4 Å². The molecule has 2 fully saturated rings. The largest absolute Gasteiger partial charge is 0.390 e. The topological polar surface area (TPSA) is 43.8 Å². The van der Waals surface area contributed by atoms with Crippen molar-refractivity contribution in [3.8, 4) is 0 Å². The first kappa shape index (κ1) is 17.4. The Morgan fingerprint density at radius 3 is 2.62 bits per heavy atom. The number of benzene rings is 1. The Labute approximate surface area is 143 Å². The van der Waals surface area contributed by atoms with Crippen molar-refractivity contribution in [1.29, 1.82) is 0 Å².